The highest BCUT2D eigenvalue weighted by atomic mass is 19.1. The molecule has 1 atom stereocenters. The highest BCUT2D eigenvalue weighted by molar-refractivity contribution is 5.99. The van der Waals surface area contributed by atoms with Crippen molar-refractivity contribution in [3.8, 4) is 11.5 Å². The van der Waals surface area contributed by atoms with Crippen molar-refractivity contribution < 1.29 is 18.7 Å². The predicted octanol–water partition coefficient (Wildman–Crippen LogP) is 5.71. The summed E-state index contributed by atoms with van der Waals surface area (Å²) in [5.41, 5.74) is 8.57. The first-order chi connectivity index (χ1) is 22.2. The second-order valence-corrected chi connectivity index (χ2v) is 11.7. The molecule has 2 aliphatic heterocycles. The number of ketones is 1. The van der Waals surface area contributed by atoms with Crippen LogP contribution in [0.4, 0.5) is 15.9 Å². The predicted molar refractivity (Wildman–Crippen MR) is 183 cm³/mol. The van der Waals surface area contributed by atoms with Gasteiger partial charge in [-0.15, -0.1) is 0 Å². The summed E-state index contributed by atoms with van der Waals surface area (Å²) in [6.07, 6.45) is 13.9. The molecule has 0 radical (unpaired) electrons. The minimum absolute atomic E-state index is 0.104. The quantitative estimate of drug-likeness (QED) is 0.118. The van der Waals surface area contributed by atoms with E-state index in [0.717, 1.165) is 37.9 Å². The summed E-state index contributed by atoms with van der Waals surface area (Å²) in [5.74, 6) is 2.41. The number of rotatable bonds is 14. The lowest BCUT2D eigenvalue weighted by atomic mass is 10.1. The molecule has 1 aromatic carbocycles. The van der Waals surface area contributed by atoms with Gasteiger partial charge in [-0.25, -0.2) is 14.4 Å². The molecule has 0 amide bonds. The Labute approximate surface area is 271 Å². The van der Waals surface area contributed by atoms with Gasteiger partial charge in [-0.05, 0) is 82.1 Å². The van der Waals surface area contributed by atoms with E-state index < -0.39 is 5.82 Å². The van der Waals surface area contributed by atoms with Gasteiger partial charge in [0.15, 0.2) is 29.0 Å². The zero-order valence-corrected chi connectivity index (χ0v) is 27.6. The molecule has 46 heavy (non-hydrogen) atoms. The number of likely N-dealkylation sites (N-methyl/N-ethyl adjacent to an activating group) is 1. The summed E-state index contributed by atoms with van der Waals surface area (Å²) < 4.78 is 27.4. The first-order valence-corrected chi connectivity index (χ1v) is 15.9. The standard InChI is InChI=1S/C35H46FN7O3/c1-6-39-43-17-13-28(14-18-43)46-31-21-29(36)30(19-25(31)3)40-34(37)33-26(4)20-32-35(41-33)42(22-24(2)23-45-32)16-9-7-8-11-27(44)12-10-15-38-5/h6,10,12-14,17,19-21,24,38H,7-9,11,15-16,18,22-23H2,1-5H3,(H2,37,40)/b12-10+,39-6-. The zero-order chi connectivity index (χ0) is 33.1. The van der Waals surface area contributed by atoms with Crippen molar-refractivity contribution in [3.05, 3.63) is 77.1 Å². The third-order valence-corrected chi connectivity index (χ3v) is 7.60. The average Bonchev–Trinajstić information content (AvgIpc) is 3.17. The van der Waals surface area contributed by atoms with E-state index in [4.69, 9.17) is 20.2 Å². The van der Waals surface area contributed by atoms with Crippen LogP contribution >= 0.6 is 0 Å². The van der Waals surface area contributed by atoms with Gasteiger partial charge in [0.2, 0.25) is 0 Å². The number of fused-ring (bicyclic) bond motifs is 1. The number of nitrogens with one attached hydrogen (secondary N) is 1. The second kappa shape index (κ2) is 16.7. The molecule has 11 heteroatoms. The molecule has 246 valence electrons. The molecule has 0 spiro atoms. The molecular weight excluding hydrogens is 585 g/mol. The number of halogens is 1. The van der Waals surface area contributed by atoms with Crippen LogP contribution in [-0.2, 0) is 4.79 Å². The number of aliphatic imine (C=N–C) groups is 1. The van der Waals surface area contributed by atoms with Crippen molar-refractivity contribution in [1.29, 1.82) is 0 Å². The zero-order valence-electron chi connectivity index (χ0n) is 27.6. The van der Waals surface area contributed by atoms with Crippen LogP contribution < -0.4 is 25.4 Å². The summed E-state index contributed by atoms with van der Waals surface area (Å²) in [6.45, 7) is 11.1. The monoisotopic (exact) mass is 631 g/mol. The fourth-order valence-corrected chi connectivity index (χ4v) is 5.22. The number of amidine groups is 1. The van der Waals surface area contributed by atoms with Crippen molar-refractivity contribution >= 4 is 29.3 Å². The largest absolute Gasteiger partial charge is 0.489 e. The fourth-order valence-electron chi connectivity index (χ4n) is 5.22. The molecular formula is C35H46FN7O3. The molecule has 1 unspecified atom stereocenters. The Morgan fingerprint density at radius 3 is 2.80 bits per heavy atom. The number of benzene rings is 1. The van der Waals surface area contributed by atoms with E-state index in [1.54, 1.807) is 35.6 Å². The molecule has 2 aliphatic rings. The van der Waals surface area contributed by atoms with E-state index in [9.17, 15) is 4.79 Å². The highest BCUT2D eigenvalue weighted by Crippen LogP contribution is 2.34. The van der Waals surface area contributed by atoms with Gasteiger partial charge in [0, 0.05) is 50.5 Å². The molecule has 3 heterocycles. The molecule has 4 rings (SSSR count). The lowest BCUT2D eigenvalue weighted by molar-refractivity contribution is -0.114. The third-order valence-electron chi connectivity index (χ3n) is 7.60. The molecule has 1 aromatic heterocycles. The maximum absolute atomic E-state index is 15.3. The number of ether oxygens (including phenoxy) is 2. The van der Waals surface area contributed by atoms with Gasteiger partial charge >= 0.3 is 0 Å². The first kappa shape index (κ1) is 34.4. The molecule has 0 aliphatic carbocycles. The van der Waals surface area contributed by atoms with E-state index >= 15 is 4.39 Å². The number of aromatic nitrogens is 1. The molecule has 2 aromatic rings. The lowest BCUT2D eigenvalue weighted by Gasteiger charge is -2.25. The van der Waals surface area contributed by atoms with Crippen LogP contribution in [0.2, 0.25) is 0 Å². The number of hydrazone groups is 1. The van der Waals surface area contributed by atoms with E-state index in [-0.39, 0.29) is 17.3 Å². The second-order valence-electron chi connectivity index (χ2n) is 11.7. The molecule has 0 saturated heterocycles. The van der Waals surface area contributed by atoms with Crippen LogP contribution in [0, 0.1) is 25.6 Å². The maximum Gasteiger partial charge on any atom is 0.172 e. The summed E-state index contributed by atoms with van der Waals surface area (Å²) in [5, 5.41) is 8.97. The highest BCUT2D eigenvalue weighted by Gasteiger charge is 2.24. The van der Waals surface area contributed by atoms with Crippen LogP contribution in [0.15, 0.2) is 64.6 Å². The summed E-state index contributed by atoms with van der Waals surface area (Å²) in [7, 11) is 1.85. The smallest absolute Gasteiger partial charge is 0.172 e. The van der Waals surface area contributed by atoms with Crippen molar-refractivity contribution in [2.45, 2.75) is 53.4 Å². The first-order valence-electron chi connectivity index (χ1n) is 15.9. The third kappa shape index (κ3) is 9.50. The van der Waals surface area contributed by atoms with Gasteiger partial charge in [0.25, 0.3) is 0 Å². The number of carbonyl (C=O) groups excluding carboxylic acids is 1. The fraction of sp³-hybridized carbons (Fsp3) is 0.429. The molecule has 10 nitrogen and oxygen atoms in total. The summed E-state index contributed by atoms with van der Waals surface area (Å²) in [4.78, 5) is 23.6. The number of nitrogens with two attached hydrogens (primary N) is 1. The molecule has 0 fully saturated rings. The number of hydrogen-bond acceptors (Lipinski definition) is 9. The summed E-state index contributed by atoms with van der Waals surface area (Å²) >= 11 is 0. The van der Waals surface area contributed by atoms with Gasteiger partial charge in [-0.2, -0.15) is 5.10 Å². The van der Waals surface area contributed by atoms with Crippen LogP contribution in [0.5, 0.6) is 11.5 Å². The molecule has 0 saturated carbocycles. The normalized spacial score (nSPS) is 16.9. The van der Waals surface area contributed by atoms with E-state index in [1.165, 1.54) is 6.07 Å². The number of anilines is 1. The van der Waals surface area contributed by atoms with Crippen LogP contribution in [-0.4, -0.2) is 67.7 Å². The van der Waals surface area contributed by atoms with Gasteiger partial charge in [-0.3, -0.25) is 9.80 Å². The van der Waals surface area contributed by atoms with Crippen molar-refractivity contribution in [2.24, 2.45) is 21.7 Å². The number of allylic oxidation sites excluding steroid dienone is 2. The van der Waals surface area contributed by atoms with E-state index in [2.05, 4.69) is 27.2 Å². The Kier molecular flexibility index (Phi) is 12.5. The van der Waals surface area contributed by atoms with Crippen LogP contribution in [0.1, 0.15) is 56.4 Å². The Bertz CT molecular complexity index is 1530. The van der Waals surface area contributed by atoms with E-state index in [1.807, 2.05) is 46.0 Å². The van der Waals surface area contributed by atoms with Gasteiger partial charge in [0.05, 0.1) is 13.2 Å². The van der Waals surface area contributed by atoms with Gasteiger partial charge in [-0.1, -0.05) is 19.4 Å². The Hall–Kier alpha value is -4.51. The van der Waals surface area contributed by atoms with Crippen molar-refractivity contribution in [2.75, 3.05) is 44.7 Å². The number of aryl methyl sites for hydroxylation is 2. The SMILES string of the molecule is C/C=N\N1C=CC(Oc2cc(F)c(N=C(N)c3nc4c(cc3C)OCC(C)CN4CCCCCC(=O)/C=C/CNC)cc2C)=CC1. The minimum atomic E-state index is -0.552. The lowest BCUT2D eigenvalue weighted by Crippen LogP contribution is -2.30. The topological polar surface area (TPSA) is 118 Å². The summed E-state index contributed by atoms with van der Waals surface area (Å²) in [6, 6.07) is 4.88. The number of carbonyl (C=O) groups is 1. The molecule has 0 bridgehead atoms. The van der Waals surface area contributed by atoms with Crippen molar-refractivity contribution in [3.63, 3.8) is 0 Å². The number of hydrogen-bond donors (Lipinski definition) is 2. The Balaban J connectivity index is 1.47. The van der Waals surface area contributed by atoms with Gasteiger partial charge < -0.3 is 25.4 Å². The average molecular weight is 632 g/mol. The number of pyridine rings is 1. The number of unbranched alkanes of at least 4 members (excludes halogenated alkanes) is 2. The van der Waals surface area contributed by atoms with Crippen LogP contribution in [0.25, 0.3) is 0 Å². The van der Waals surface area contributed by atoms with E-state index in [0.29, 0.717) is 66.4 Å². The number of nitrogens with zero attached hydrogens (tertiary/aromatic N) is 5. The van der Waals surface area contributed by atoms with Crippen LogP contribution in [0.3, 0.4) is 0 Å². The Morgan fingerprint density at radius 1 is 1.24 bits per heavy atom. The molecule has 3 N–H and O–H groups in total. The van der Waals surface area contributed by atoms with Crippen molar-refractivity contribution in [1.82, 2.24) is 15.3 Å². The Morgan fingerprint density at radius 2 is 2.07 bits per heavy atom. The maximum atomic E-state index is 15.3. The van der Waals surface area contributed by atoms with Gasteiger partial charge in [0.1, 0.15) is 22.9 Å². The minimum Gasteiger partial charge on any atom is -0.489 e.